The van der Waals surface area contributed by atoms with Crippen molar-refractivity contribution in [3.8, 4) is 33.8 Å². The Kier molecular flexibility index (Phi) is 8.62. The molecule has 6 N–H and O–H groups in total. The van der Waals surface area contributed by atoms with Gasteiger partial charge in [-0.05, 0) is 131 Å². The summed E-state index contributed by atoms with van der Waals surface area (Å²) in [7, 11) is 0. The Morgan fingerprint density at radius 1 is 0.667 bits per heavy atom. The highest BCUT2D eigenvalue weighted by Crippen LogP contribution is 2.67. The number of aliphatic hydroxyl groups is 2. The molecule has 6 aromatic rings. The summed E-state index contributed by atoms with van der Waals surface area (Å²) in [5.74, 6) is -0.674. The van der Waals surface area contributed by atoms with E-state index in [9.17, 15) is 34.8 Å². The summed E-state index contributed by atoms with van der Waals surface area (Å²) in [5.41, 5.74) is 8.70. The number of ketones is 1. The number of carbonyl (C=O) groups excluding carboxylic acids is 3. The van der Waals surface area contributed by atoms with Crippen molar-refractivity contribution >= 4 is 52.2 Å². The minimum absolute atomic E-state index is 0.0135. The zero-order valence-corrected chi connectivity index (χ0v) is 33.9. The van der Waals surface area contributed by atoms with E-state index in [2.05, 4.69) is 10.6 Å². The minimum Gasteiger partial charge on any atom is -0.508 e. The van der Waals surface area contributed by atoms with Crippen molar-refractivity contribution in [3.63, 3.8) is 0 Å². The van der Waals surface area contributed by atoms with Crippen LogP contribution in [0.25, 0.3) is 22.3 Å². The lowest BCUT2D eigenvalue weighted by atomic mass is 9.88. The smallest absolute Gasteiger partial charge is 0.235 e. The molecule has 4 aliphatic rings. The van der Waals surface area contributed by atoms with Crippen molar-refractivity contribution in [2.24, 2.45) is 0 Å². The molecule has 60 heavy (non-hydrogen) atoms. The number of aliphatic hydroxyl groups excluding tert-OH is 1. The van der Waals surface area contributed by atoms with E-state index in [0.717, 1.165) is 44.5 Å². The normalized spacial score (nSPS) is 21.9. The van der Waals surface area contributed by atoms with Crippen LogP contribution < -0.4 is 10.6 Å². The van der Waals surface area contributed by atoms with Gasteiger partial charge in [-0.25, -0.2) is 0 Å². The number of anilines is 2. The fraction of sp³-hybridized carbons (Fsp3) is 0.204. The lowest BCUT2D eigenvalue weighted by Crippen LogP contribution is -2.21. The predicted molar refractivity (Wildman–Crippen MR) is 230 cm³/mol. The van der Waals surface area contributed by atoms with Gasteiger partial charge in [0.05, 0.1) is 20.9 Å². The van der Waals surface area contributed by atoms with E-state index in [1.165, 1.54) is 0 Å². The number of phenolic OH excluding ortho intramolecular Hbond substituents is 2. The molecule has 2 aliphatic heterocycles. The Balaban J connectivity index is 0.928. The third-order valence-corrected chi connectivity index (χ3v) is 13.8. The summed E-state index contributed by atoms with van der Waals surface area (Å²) in [6.45, 7) is 3.68. The third kappa shape index (κ3) is 5.86. The van der Waals surface area contributed by atoms with E-state index in [-0.39, 0.29) is 47.4 Å². The largest absolute Gasteiger partial charge is 0.508 e. The van der Waals surface area contributed by atoms with E-state index >= 15 is 0 Å². The van der Waals surface area contributed by atoms with Crippen molar-refractivity contribution in [2.75, 3.05) is 10.6 Å². The molecule has 4 atom stereocenters. The molecule has 0 saturated heterocycles. The van der Waals surface area contributed by atoms with Gasteiger partial charge in [0.1, 0.15) is 11.5 Å². The Morgan fingerprint density at radius 3 is 1.80 bits per heavy atom. The van der Waals surface area contributed by atoms with E-state index in [1.807, 2.05) is 55.5 Å². The first-order valence-corrected chi connectivity index (χ1v) is 20.5. The monoisotopic (exact) mass is 836 g/mol. The summed E-state index contributed by atoms with van der Waals surface area (Å²) in [5, 5.41) is 47.5. The number of hydrogen-bond donors (Lipinski definition) is 6. The number of rotatable bonds is 8. The number of nitrogens with one attached hydrogen (secondary N) is 2. The summed E-state index contributed by atoms with van der Waals surface area (Å²) >= 11 is 13.5. The SMILES string of the molecule is Cc1ccc(C2CC23C(=O)Nc2cc(Cl)c(-c4ccc(O)cc4)cc23)cc1C(=O)Cc1cc(O)cc(-c2cc3c(cc2Cl)NC(=O)C32CC2c2ccc(C)c(C(O)O)c2)c1. The molecule has 2 saturated carbocycles. The maximum atomic E-state index is 14.1. The molecule has 6 aromatic carbocycles. The highest BCUT2D eigenvalue weighted by atomic mass is 35.5. The fourth-order valence-electron chi connectivity index (χ4n) is 9.84. The number of fused-ring (bicyclic) bond motifs is 4. The Bertz CT molecular complexity index is 2890. The first-order valence-electron chi connectivity index (χ1n) is 19.7. The average Bonchev–Trinajstić information content (AvgIpc) is 4.09. The molecule has 0 bridgehead atoms. The van der Waals surface area contributed by atoms with Crippen LogP contribution in [-0.4, -0.2) is 38.0 Å². The number of amides is 2. The number of aryl methyl sites for hydroxylation is 2. The van der Waals surface area contributed by atoms with E-state index in [1.54, 1.807) is 61.5 Å². The van der Waals surface area contributed by atoms with Crippen LogP contribution in [0.15, 0.2) is 103 Å². The lowest BCUT2D eigenvalue weighted by molar-refractivity contribution is -0.118. The fourth-order valence-corrected chi connectivity index (χ4v) is 10.4. The average molecular weight is 838 g/mol. The van der Waals surface area contributed by atoms with Gasteiger partial charge in [-0.1, -0.05) is 71.7 Å². The van der Waals surface area contributed by atoms with Gasteiger partial charge in [0.2, 0.25) is 11.8 Å². The first kappa shape index (κ1) is 38.2. The zero-order valence-electron chi connectivity index (χ0n) is 32.4. The molecular formula is C49H38Cl2N2O7. The number of benzene rings is 6. The van der Waals surface area contributed by atoms with Crippen LogP contribution in [0.4, 0.5) is 11.4 Å². The summed E-state index contributed by atoms with van der Waals surface area (Å²) < 4.78 is 0. The Labute approximate surface area is 355 Å². The highest BCUT2D eigenvalue weighted by Gasteiger charge is 2.66. The Morgan fingerprint density at radius 2 is 1.22 bits per heavy atom. The van der Waals surface area contributed by atoms with Crippen LogP contribution in [-0.2, 0) is 26.8 Å². The van der Waals surface area contributed by atoms with Crippen LogP contribution in [0.1, 0.15) is 85.8 Å². The van der Waals surface area contributed by atoms with Crippen LogP contribution in [0, 0.1) is 13.8 Å². The minimum atomic E-state index is -1.63. The number of Topliss-reactive ketones (excluding diaryl/α,β-unsaturated/α-hetero) is 1. The van der Waals surface area contributed by atoms with Gasteiger partial charge < -0.3 is 31.1 Å². The van der Waals surface area contributed by atoms with Crippen LogP contribution in [0.2, 0.25) is 10.0 Å². The third-order valence-electron chi connectivity index (χ3n) is 13.2. The van der Waals surface area contributed by atoms with Crippen molar-refractivity contribution in [1.29, 1.82) is 0 Å². The van der Waals surface area contributed by atoms with Crippen LogP contribution in [0.5, 0.6) is 11.5 Å². The van der Waals surface area contributed by atoms with Gasteiger partial charge in [0.25, 0.3) is 0 Å². The molecule has 2 aliphatic carbocycles. The zero-order chi connectivity index (χ0) is 42.0. The van der Waals surface area contributed by atoms with Gasteiger partial charge in [-0.2, -0.15) is 0 Å². The molecule has 10 rings (SSSR count). The van der Waals surface area contributed by atoms with Crippen molar-refractivity contribution in [3.05, 3.63) is 163 Å². The molecular weight excluding hydrogens is 799 g/mol. The number of carbonyl (C=O) groups is 3. The molecule has 2 amide bonds. The van der Waals surface area contributed by atoms with E-state index in [4.69, 9.17) is 23.2 Å². The second-order valence-corrected chi connectivity index (χ2v) is 17.5. The van der Waals surface area contributed by atoms with Crippen LogP contribution >= 0.6 is 23.2 Å². The van der Waals surface area contributed by atoms with Gasteiger partial charge >= 0.3 is 0 Å². The van der Waals surface area contributed by atoms with Gasteiger partial charge in [0, 0.05) is 51.9 Å². The maximum absolute atomic E-state index is 14.1. The van der Waals surface area contributed by atoms with Crippen LogP contribution in [0.3, 0.4) is 0 Å². The summed E-state index contributed by atoms with van der Waals surface area (Å²) in [6.07, 6.45) is -0.548. The van der Waals surface area contributed by atoms with Crippen molar-refractivity contribution < 1.29 is 34.8 Å². The summed E-state index contributed by atoms with van der Waals surface area (Å²) in [4.78, 5) is 41.4. The molecule has 9 nitrogen and oxygen atoms in total. The number of aromatic hydroxyl groups is 2. The topological polar surface area (TPSA) is 156 Å². The van der Waals surface area contributed by atoms with Crippen molar-refractivity contribution in [1.82, 2.24) is 0 Å². The maximum Gasteiger partial charge on any atom is 0.235 e. The standard InChI is InChI=1S/C49H38Cl2N2O7/c1-23-3-5-27(38-21-48(38)36-17-34(26-7-9-30(54)10-8-26)40(50)19-42(36)52-46(48)59)15-32(23)44(56)13-25-11-29(14-31(55)12-25)35-18-37-43(20-41(35)51)53-47(60)49(37)22-39(49)28-6-4-24(2)33(16-28)45(57)58/h3-12,14-20,38-39,45,54-55,57-58H,13,21-22H2,1-2H3,(H,52,59)(H,53,60). The quantitative estimate of drug-likeness (QED) is 0.0659. The second kappa shape index (κ2) is 13.5. The molecule has 4 unspecified atom stereocenters. The Hall–Kier alpha value is -5.97. The molecule has 300 valence electrons. The van der Waals surface area contributed by atoms with Crippen molar-refractivity contribution in [2.45, 2.75) is 62.1 Å². The molecule has 0 radical (unpaired) electrons. The van der Waals surface area contributed by atoms with Gasteiger partial charge in [-0.15, -0.1) is 0 Å². The molecule has 2 fully saturated rings. The van der Waals surface area contributed by atoms with Gasteiger partial charge in [0.15, 0.2) is 12.1 Å². The number of halogens is 2. The first-order chi connectivity index (χ1) is 28.7. The molecule has 0 aromatic heterocycles. The van der Waals surface area contributed by atoms with E-state index in [0.29, 0.717) is 62.1 Å². The number of phenols is 2. The molecule has 2 heterocycles. The lowest BCUT2D eigenvalue weighted by Gasteiger charge is -2.15. The predicted octanol–water partition coefficient (Wildman–Crippen LogP) is 9.52. The van der Waals surface area contributed by atoms with Gasteiger partial charge in [-0.3, -0.25) is 14.4 Å². The second-order valence-electron chi connectivity index (χ2n) is 16.7. The summed E-state index contributed by atoms with van der Waals surface area (Å²) in [6, 6.07) is 30.3. The molecule has 2 spiro atoms. The van der Waals surface area contributed by atoms with E-state index < -0.39 is 17.1 Å². The number of hydrogen-bond acceptors (Lipinski definition) is 7. The molecule has 11 heteroatoms. The highest BCUT2D eigenvalue weighted by molar-refractivity contribution is 6.34.